The van der Waals surface area contributed by atoms with Gasteiger partial charge in [-0.3, -0.25) is 0 Å². The first-order valence-electron chi connectivity index (χ1n) is 9.41. The number of pyridine rings is 1. The molecule has 140 valence electrons. The Morgan fingerprint density at radius 1 is 1.19 bits per heavy atom. The van der Waals surface area contributed by atoms with Crippen LogP contribution in [0.3, 0.4) is 0 Å². The van der Waals surface area contributed by atoms with E-state index < -0.39 is 0 Å². The predicted octanol–water partition coefficient (Wildman–Crippen LogP) is 4.06. The minimum Gasteiger partial charge on any atom is -0.474 e. The number of hydrogen-bond donors (Lipinski definition) is 1. The summed E-state index contributed by atoms with van der Waals surface area (Å²) in [4.78, 5) is 4.38. The standard InChI is InChI=1S/C20H21FN4O2/c21-16-10-13(22)9-15-19(12-4-7-17(23-11-12)27-14-5-6-14)24-25(20(15)16)18-3-1-2-8-26-18/h4,7,9-11,14,18H,1-3,5-6,8,22H2. The molecule has 27 heavy (non-hydrogen) atoms. The number of aromatic nitrogens is 3. The number of rotatable bonds is 4. The predicted molar refractivity (Wildman–Crippen MR) is 99.8 cm³/mol. The number of nitrogens with two attached hydrogens (primary N) is 1. The molecule has 2 aromatic heterocycles. The molecule has 2 fully saturated rings. The maximum Gasteiger partial charge on any atom is 0.213 e. The van der Waals surface area contributed by atoms with Gasteiger partial charge in [-0.1, -0.05) is 0 Å². The molecule has 0 amide bonds. The number of benzene rings is 1. The van der Waals surface area contributed by atoms with Crippen LogP contribution in [-0.4, -0.2) is 27.5 Å². The molecule has 1 aliphatic carbocycles. The van der Waals surface area contributed by atoms with Crippen LogP contribution in [-0.2, 0) is 4.74 Å². The SMILES string of the molecule is Nc1cc(F)c2c(c1)c(-c1ccc(OC3CC3)nc1)nn2C1CCCCO1. The highest BCUT2D eigenvalue weighted by molar-refractivity contribution is 5.95. The Morgan fingerprint density at radius 3 is 2.78 bits per heavy atom. The van der Waals surface area contributed by atoms with Crippen molar-refractivity contribution >= 4 is 16.6 Å². The molecular formula is C20H21FN4O2. The van der Waals surface area contributed by atoms with E-state index in [2.05, 4.69) is 4.98 Å². The van der Waals surface area contributed by atoms with Crippen molar-refractivity contribution in [2.45, 2.75) is 44.4 Å². The zero-order valence-corrected chi connectivity index (χ0v) is 14.9. The monoisotopic (exact) mass is 368 g/mol. The summed E-state index contributed by atoms with van der Waals surface area (Å²) in [6.07, 6.45) is 6.77. The lowest BCUT2D eigenvalue weighted by atomic mass is 10.1. The molecule has 1 atom stereocenters. The Bertz CT molecular complexity index is 976. The first-order chi connectivity index (χ1) is 13.2. The second kappa shape index (κ2) is 6.49. The van der Waals surface area contributed by atoms with Crippen LogP contribution in [0.5, 0.6) is 5.88 Å². The molecular weight excluding hydrogens is 347 g/mol. The van der Waals surface area contributed by atoms with Crippen molar-refractivity contribution < 1.29 is 13.9 Å². The van der Waals surface area contributed by atoms with Crippen LogP contribution in [0.4, 0.5) is 10.1 Å². The molecule has 1 aromatic carbocycles. The van der Waals surface area contributed by atoms with Gasteiger partial charge in [0.25, 0.3) is 0 Å². The average molecular weight is 368 g/mol. The number of fused-ring (bicyclic) bond motifs is 1. The highest BCUT2D eigenvalue weighted by atomic mass is 19.1. The van der Waals surface area contributed by atoms with Gasteiger partial charge in [0.2, 0.25) is 5.88 Å². The minimum absolute atomic E-state index is 0.265. The van der Waals surface area contributed by atoms with E-state index in [1.54, 1.807) is 16.9 Å². The first-order valence-corrected chi connectivity index (χ1v) is 9.41. The minimum atomic E-state index is -0.389. The third-order valence-corrected chi connectivity index (χ3v) is 5.03. The number of anilines is 1. The maximum absolute atomic E-state index is 14.8. The van der Waals surface area contributed by atoms with E-state index in [0.29, 0.717) is 40.9 Å². The van der Waals surface area contributed by atoms with Gasteiger partial charge in [-0.05, 0) is 50.3 Å². The van der Waals surface area contributed by atoms with Gasteiger partial charge >= 0.3 is 0 Å². The van der Waals surface area contributed by atoms with Crippen molar-refractivity contribution in [2.24, 2.45) is 0 Å². The van der Waals surface area contributed by atoms with Gasteiger partial charge in [0.15, 0.2) is 12.0 Å². The lowest BCUT2D eigenvalue weighted by molar-refractivity contribution is -0.0368. The molecule has 2 N–H and O–H groups in total. The lowest BCUT2D eigenvalue weighted by Gasteiger charge is -2.23. The van der Waals surface area contributed by atoms with Gasteiger partial charge in [0.1, 0.15) is 17.3 Å². The van der Waals surface area contributed by atoms with Crippen molar-refractivity contribution in [1.29, 1.82) is 0 Å². The molecule has 0 spiro atoms. The third-order valence-electron chi connectivity index (χ3n) is 5.03. The maximum atomic E-state index is 14.8. The number of ether oxygens (including phenoxy) is 2. The van der Waals surface area contributed by atoms with Crippen LogP contribution in [0.25, 0.3) is 22.2 Å². The van der Waals surface area contributed by atoms with Crippen LogP contribution in [0.1, 0.15) is 38.3 Å². The number of nitrogen functional groups attached to an aromatic ring is 1. The Kier molecular flexibility index (Phi) is 3.97. The van der Waals surface area contributed by atoms with Gasteiger partial charge in [-0.2, -0.15) is 5.10 Å². The Balaban J connectivity index is 1.60. The second-order valence-electron chi connectivity index (χ2n) is 7.22. The Hall–Kier alpha value is -2.67. The number of nitrogens with zero attached hydrogens (tertiary/aromatic N) is 3. The summed E-state index contributed by atoms with van der Waals surface area (Å²) in [6, 6.07) is 6.82. The van der Waals surface area contributed by atoms with Crippen molar-refractivity contribution in [3.05, 3.63) is 36.3 Å². The van der Waals surface area contributed by atoms with Crippen molar-refractivity contribution in [1.82, 2.24) is 14.8 Å². The normalized spacial score (nSPS) is 20.1. The summed E-state index contributed by atoms with van der Waals surface area (Å²) >= 11 is 0. The van der Waals surface area contributed by atoms with Crippen LogP contribution in [0, 0.1) is 5.82 Å². The van der Waals surface area contributed by atoms with E-state index in [-0.39, 0.29) is 12.0 Å². The van der Waals surface area contributed by atoms with Gasteiger partial charge < -0.3 is 15.2 Å². The van der Waals surface area contributed by atoms with Crippen LogP contribution in [0.2, 0.25) is 0 Å². The highest BCUT2D eigenvalue weighted by Gasteiger charge is 2.25. The van der Waals surface area contributed by atoms with Crippen molar-refractivity contribution in [2.75, 3.05) is 12.3 Å². The molecule has 1 unspecified atom stereocenters. The summed E-state index contributed by atoms with van der Waals surface area (Å²) in [5.74, 6) is 0.214. The molecule has 1 aliphatic heterocycles. The molecule has 3 aromatic rings. The van der Waals surface area contributed by atoms with Crippen LogP contribution < -0.4 is 10.5 Å². The molecule has 1 saturated heterocycles. The molecule has 2 aliphatic rings. The zero-order chi connectivity index (χ0) is 18.4. The molecule has 5 rings (SSSR count). The largest absolute Gasteiger partial charge is 0.474 e. The Morgan fingerprint density at radius 2 is 2.07 bits per heavy atom. The van der Waals surface area contributed by atoms with E-state index in [0.717, 1.165) is 37.7 Å². The molecule has 0 radical (unpaired) electrons. The summed E-state index contributed by atoms with van der Waals surface area (Å²) in [7, 11) is 0. The zero-order valence-electron chi connectivity index (χ0n) is 14.9. The summed E-state index contributed by atoms with van der Waals surface area (Å²) in [6.45, 7) is 0.659. The fraction of sp³-hybridized carbons (Fsp3) is 0.400. The van der Waals surface area contributed by atoms with Crippen LogP contribution in [0.15, 0.2) is 30.5 Å². The quantitative estimate of drug-likeness (QED) is 0.703. The molecule has 3 heterocycles. The van der Waals surface area contributed by atoms with Crippen molar-refractivity contribution in [3.8, 4) is 17.1 Å². The van der Waals surface area contributed by atoms with Gasteiger partial charge in [0, 0.05) is 35.5 Å². The molecule has 0 bridgehead atoms. The molecule has 1 saturated carbocycles. The third kappa shape index (κ3) is 3.12. The number of hydrogen-bond acceptors (Lipinski definition) is 5. The molecule has 6 nitrogen and oxygen atoms in total. The lowest BCUT2D eigenvalue weighted by Crippen LogP contribution is -2.19. The Labute approximate surface area is 156 Å². The van der Waals surface area contributed by atoms with E-state index in [1.807, 2.05) is 12.1 Å². The van der Waals surface area contributed by atoms with E-state index in [9.17, 15) is 4.39 Å². The fourth-order valence-corrected chi connectivity index (χ4v) is 3.53. The van der Waals surface area contributed by atoms with E-state index in [1.165, 1.54) is 6.07 Å². The summed E-state index contributed by atoms with van der Waals surface area (Å²) in [5.41, 5.74) is 8.13. The van der Waals surface area contributed by atoms with Gasteiger partial charge in [-0.15, -0.1) is 0 Å². The fourth-order valence-electron chi connectivity index (χ4n) is 3.53. The number of halogens is 1. The topological polar surface area (TPSA) is 75.2 Å². The van der Waals surface area contributed by atoms with Crippen LogP contribution >= 0.6 is 0 Å². The summed E-state index contributed by atoms with van der Waals surface area (Å²) in [5, 5.41) is 5.37. The summed E-state index contributed by atoms with van der Waals surface area (Å²) < 4.78 is 28.0. The second-order valence-corrected chi connectivity index (χ2v) is 7.22. The first kappa shape index (κ1) is 16.5. The smallest absolute Gasteiger partial charge is 0.213 e. The molecule has 7 heteroatoms. The average Bonchev–Trinajstić information content (AvgIpc) is 3.41. The van der Waals surface area contributed by atoms with Gasteiger partial charge in [-0.25, -0.2) is 14.1 Å². The highest BCUT2D eigenvalue weighted by Crippen LogP contribution is 2.35. The van der Waals surface area contributed by atoms with E-state index >= 15 is 0 Å². The van der Waals surface area contributed by atoms with Gasteiger partial charge in [0.05, 0.1) is 0 Å². The van der Waals surface area contributed by atoms with Crippen molar-refractivity contribution in [3.63, 3.8) is 0 Å². The van der Waals surface area contributed by atoms with E-state index in [4.69, 9.17) is 20.3 Å².